The Balaban J connectivity index is 2.21. The summed E-state index contributed by atoms with van der Waals surface area (Å²) in [5.41, 5.74) is 0. The molecule has 114 valence electrons. The number of imide groups is 1. The third-order valence-corrected chi connectivity index (χ3v) is 3.50. The van der Waals surface area contributed by atoms with Crippen molar-refractivity contribution in [3.05, 3.63) is 5.28 Å². The molecule has 1 aromatic rings. The van der Waals surface area contributed by atoms with Gasteiger partial charge in [-0.1, -0.05) is 0 Å². The molecule has 2 heterocycles. The molecular formula is C12H17ClN6O2. The molecule has 21 heavy (non-hydrogen) atoms. The highest BCUT2D eigenvalue weighted by atomic mass is 35.5. The summed E-state index contributed by atoms with van der Waals surface area (Å²) in [6, 6.07) is -0.662. The number of hydrogen-bond donors (Lipinski definition) is 1. The molecule has 1 aliphatic rings. The molecule has 1 N–H and O–H groups in total. The van der Waals surface area contributed by atoms with E-state index in [2.05, 4.69) is 20.3 Å². The lowest BCUT2D eigenvalue weighted by molar-refractivity contribution is -0.136. The van der Waals surface area contributed by atoms with Gasteiger partial charge in [0.15, 0.2) is 0 Å². The van der Waals surface area contributed by atoms with Crippen LogP contribution in [0.4, 0.5) is 11.9 Å². The van der Waals surface area contributed by atoms with Crippen molar-refractivity contribution in [2.45, 2.75) is 26.3 Å². The first-order chi connectivity index (χ1) is 9.96. The second-order valence-electron chi connectivity index (χ2n) is 4.59. The number of hydrogen-bond acceptors (Lipinski definition) is 7. The Bertz CT molecular complexity index is 563. The van der Waals surface area contributed by atoms with Crippen molar-refractivity contribution in [1.82, 2.24) is 19.9 Å². The second-order valence-corrected chi connectivity index (χ2v) is 4.93. The number of likely N-dealkylation sites (N-methyl/N-ethyl adjacent to an activating group) is 1. The molecule has 0 spiro atoms. The Kier molecular flexibility index (Phi) is 4.56. The van der Waals surface area contributed by atoms with E-state index in [-0.39, 0.29) is 29.5 Å². The van der Waals surface area contributed by atoms with Crippen molar-refractivity contribution in [2.24, 2.45) is 0 Å². The van der Waals surface area contributed by atoms with Gasteiger partial charge in [0.2, 0.25) is 23.1 Å². The maximum atomic E-state index is 11.9. The van der Waals surface area contributed by atoms with E-state index in [1.807, 2.05) is 18.7 Å². The summed E-state index contributed by atoms with van der Waals surface area (Å²) in [4.78, 5) is 38.6. The average Bonchev–Trinajstić information content (AvgIpc) is 2.67. The van der Waals surface area contributed by atoms with Gasteiger partial charge in [-0.15, -0.1) is 0 Å². The van der Waals surface area contributed by atoms with Crippen LogP contribution in [0.3, 0.4) is 0 Å². The first-order valence-electron chi connectivity index (χ1n) is 6.69. The zero-order chi connectivity index (χ0) is 15.6. The molecule has 0 aromatic carbocycles. The van der Waals surface area contributed by atoms with E-state index in [0.29, 0.717) is 5.95 Å². The zero-order valence-corrected chi connectivity index (χ0v) is 12.9. The number of aromatic nitrogens is 3. The summed E-state index contributed by atoms with van der Waals surface area (Å²) in [7, 11) is 1.45. The average molecular weight is 313 g/mol. The second kappa shape index (κ2) is 6.21. The molecule has 0 radical (unpaired) electrons. The zero-order valence-electron chi connectivity index (χ0n) is 12.1. The molecule has 1 saturated heterocycles. The molecule has 0 aliphatic carbocycles. The van der Waals surface area contributed by atoms with E-state index in [0.717, 1.165) is 18.0 Å². The molecule has 1 aliphatic heterocycles. The van der Waals surface area contributed by atoms with E-state index >= 15 is 0 Å². The summed E-state index contributed by atoms with van der Waals surface area (Å²) in [5, 5.41) is 2.89. The highest BCUT2D eigenvalue weighted by Gasteiger charge is 2.36. The molecule has 9 heteroatoms. The lowest BCUT2D eigenvalue weighted by Gasteiger charge is -2.19. The SMILES string of the molecule is CCN(CC)c1nc(Cl)nc(NC2CC(=O)N(C)C2=O)n1. The Morgan fingerprint density at radius 3 is 2.48 bits per heavy atom. The van der Waals surface area contributed by atoms with Gasteiger partial charge in [0.25, 0.3) is 5.91 Å². The van der Waals surface area contributed by atoms with Crippen LogP contribution >= 0.6 is 11.6 Å². The van der Waals surface area contributed by atoms with Crippen molar-refractivity contribution in [3.8, 4) is 0 Å². The third-order valence-electron chi connectivity index (χ3n) is 3.33. The number of amides is 2. The highest BCUT2D eigenvalue weighted by Crippen LogP contribution is 2.18. The van der Waals surface area contributed by atoms with Crippen LogP contribution in [0, 0.1) is 0 Å². The highest BCUT2D eigenvalue weighted by molar-refractivity contribution is 6.28. The molecule has 1 aromatic heterocycles. The van der Waals surface area contributed by atoms with Crippen LogP contribution in [-0.4, -0.2) is 57.8 Å². The smallest absolute Gasteiger partial charge is 0.252 e. The Labute approximate surface area is 127 Å². The summed E-state index contributed by atoms with van der Waals surface area (Å²) in [5.74, 6) is 0.0912. The van der Waals surface area contributed by atoms with Crippen molar-refractivity contribution in [3.63, 3.8) is 0 Å². The fourth-order valence-electron chi connectivity index (χ4n) is 2.08. The number of carbonyl (C=O) groups excluding carboxylic acids is 2. The first kappa shape index (κ1) is 15.4. The van der Waals surface area contributed by atoms with Crippen LogP contribution in [0.25, 0.3) is 0 Å². The number of carbonyl (C=O) groups is 2. The lowest BCUT2D eigenvalue weighted by atomic mass is 10.2. The van der Waals surface area contributed by atoms with Crippen molar-refractivity contribution in [1.29, 1.82) is 0 Å². The Hall–Kier alpha value is -1.96. The maximum absolute atomic E-state index is 11.9. The normalized spacial score (nSPS) is 18.3. The number of nitrogens with one attached hydrogen (secondary N) is 1. The molecule has 0 saturated carbocycles. The molecule has 1 fully saturated rings. The van der Waals surface area contributed by atoms with Crippen LogP contribution in [0.15, 0.2) is 0 Å². The molecule has 1 unspecified atom stereocenters. The molecule has 2 rings (SSSR count). The minimum absolute atomic E-state index is 0.0412. The molecular weight excluding hydrogens is 296 g/mol. The minimum Gasteiger partial charge on any atom is -0.342 e. The number of likely N-dealkylation sites (tertiary alicyclic amines) is 1. The number of nitrogens with zero attached hydrogens (tertiary/aromatic N) is 5. The fraction of sp³-hybridized carbons (Fsp3) is 0.583. The topological polar surface area (TPSA) is 91.3 Å². The van der Waals surface area contributed by atoms with Gasteiger partial charge in [-0.3, -0.25) is 14.5 Å². The first-order valence-corrected chi connectivity index (χ1v) is 7.07. The van der Waals surface area contributed by atoms with Gasteiger partial charge in [-0.05, 0) is 25.4 Å². The molecule has 0 bridgehead atoms. The van der Waals surface area contributed by atoms with Gasteiger partial charge in [-0.25, -0.2) is 0 Å². The van der Waals surface area contributed by atoms with E-state index in [4.69, 9.17) is 11.6 Å². The summed E-state index contributed by atoms with van der Waals surface area (Å²) in [6.45, 7) is 5.39. The van der Waals surface area contributed by atoms with Gasteiger partial charge in [0.1, 0.15) is 6.04 Å². The van der Waals surface area contributed by atoms with E-state index < -0.39 is 6.04 Å². The van der Waals surface area contributed by atoms with E-state index in [9.17, 15) is 9.59 Å². The quantitative estimate of drug-likeness (QED) is 0.793. The monoisotopic (exact) mass is 312 g/mol. The summed E-state index contributed by atoms with van der Waals surface area (Å²) in [6.07, 6.45) is 0.0826. The number of halogens is 1. The lowest BCUT2D eigenvalue weighted by Crippen LogP contribution is -2.32. The Morgan fingerprint density at radius 1 is 1.29 bits per heavy atom. The fourth-order valence-corrected chi connectivity index (χ4v) is 2.23. The van der Waals surface area contributed by atoms with Gasteiger partial charge < -0.3 is 10.2 Å². The van der Waals surface area contributed by atoms with E-state index in [1.165, 1.54) is 7.05 Å². The standard InChI is InChI=1S/C12H17ClN6O2/c1-4-19(5-2)12-16-10(13)15-11(17-12)14-7-6-8(20)18(3)9(7)21/h7H,4-6H2,1-3H3,(H,14,15,16,17). The predicted octanol–water partition coefficient (Wildman–Crippen LogP) is 0.540. The van der Waals surface area contributed by atoms with Gasteiger partial charge in [-0.2, -0.15) is 15.0 Å². The van der Waals surface area contributed by atoms with Crippen molar-refractivity contribution < 1.29 is 9.59 Å². The van der Waals surface area contributed by atoms with Gasteiger partial charge in [0.05, 0.1) is 6.42 Å². The van der Waals surface area contributed by atoms with Crippen molar-refractivity contribution >= 4 is 35.3 Å². The minimum atomic E-state index is -0.662. The van der Waals surface area contributed by atoms with E-state index in [1.54, 1.807) is 0 Å². The predicted molar refractivity (Wildman–Crippen MR) is 78.2 cm³/mol. The summed E-state index contributed by atoms with van der Waals surface area (Å²) < 4.78 is 0. The van der Waals surface area contributed by atoms with Crippen LogP contribution in [-0.2, 0) is 9.59 Å². The van der Waals surface area contributed by atoms with Crippen LogP contribution in [0.1, 0.15) is 20.3 Å². The maximum Gasteiger partial charge on any atom is 0.252 e. The molecule has 1 atom stereocenters. The number of rotatable bonds is 5. The van der Waals surface area contributed by atoms with Crippen molar-refractivity contribution in [2.75, 3.05) is 30.4 Å². The largest absolute Gasteiger partial charge is 0.342 e. The Morgan fingerprint density at radius 2 is 1.95 bits per heavy atom. The van der Waals surface area contributed by atoms with Crippen LogP contribution < -0.4 is 10.2 Å². The van der Waals surface area contributed by atoms with Gasteiger partial charge >= 0.3 is 0 Å². The third kappa shape index (κ3) is 3.21. The molecule has 2 amide bonds. The van der Waals surface area contributed by atoms with Crippen LogP contribution in [0.2, 0.25) is 5.28 Å². The number of anilines is 2. The summed E-state index contributed by atoms with van der Waals surface area (Å²) >= 11 is 5.90. The molecule has 8 nitrogen and oxygen atoms in total. The van der Waals surface area contributed by atoms with Gasteiger partial charge in [0, 0.05) is 20.1 Å². The van der Waals surface area contributed by atoms with Crippen LogP contribution in [0.5, 0.6) is 0 Å².